The third-order valence-corrected chi connectivity index (χ3v) is 2.59. The molecular formula is C10H15NO2. The lowest BCUT2D eigenvalue weighted by Gasteiger charge is -2.35. The van der Waals surface area contributed by atoms with E-state index in [4.69, 9.17) is 11.5 Å². The molecule has 0 aromatic heterocycles. The van der Waals surface area contributed by atoms with E-state index >= 15 is 0 Å². The zero-order chi connectivity index (χ0) is 9.84. The average molecular weight is 181 g/mol. The first-order chi connectivity index (χ1) is 6.16. The number of terminal acetylenes is 1. The van der Waals surface area contributed by atoms with E-state index in [-0.39, 0.29) is 6.04 Å². The molecule has 0 aromatic rings. The van der Waals surface area contributed by atoms with Gasteiger partial charge in [0.15, 0.2) is 0 Å². The van der Waals surface area contributed by atoms with Crippen LogP contribution in [0.1, 0.15) is 26.2 Å². The maximum absolute atomic E-state index is 10.7. The SMILES string of the molecule is C#CC1CCCCN1C(C)C(=O)O. The van der Waals surface area contributed by atoms with Crippen molar-refractivity contribution in [3.8, 4) is 12.3 Å². The molecule has 0 radical (unpaired) electrons. The monoisotopic (exact) mass is 181 g/mol. The standard InChI is InChI=1S/C10H15NO2/c1-3-9-6-4-5-7-11(9)8(2)10(12)13/h1,8-9H,4-7H2,2H3,(H,12,13). The smallest absolute Gasteiger partial charge is 0.320 e. The summed E-state index contributed by atoms with van der Waals surface area (Å²) < 4.78 is 0. The molecule has 0 aliphatic carbocycles. The summed E-state index contributed by atoms with van der Waals surface area (Å²) in [6.45, 7) is 2.50. The molecule has 13 heavy (non-hydrogen) atoms. The van der Waals surface area contributed by atoms with Crippen LogP contribution in [0, 0.1) is 12.3 Å². The third kappa shape index (κ3) is 2.22. The highest BCUT2D eigenvalue weighted by molar-refractivity contribution is 5.73. The largest absolute Gasteiger partial charge is 0.480 e. The minimum Gasteiger partial charge on any atom is -0.480 e. The van der Waals surface area contributed by atoms with Gasteiger partial charge in [0.2, 0.25) is 0 Å². The topological polar surface area (TPSA) is 40.5 Å². The third-order valence-electron chi connectivity index (χ3n) is 2.59. The molecular weight excluding hydrogens is 166 g/mol. The molecule has 1 aliphatic heterocycles. The number of likely N-dealkylation sites (tertiary alicyclic amines) is 1. The molecule has 72 valence electrons. The lowest BCUT2D eigenvalue weighted by atomic mass is 10.0. The first-order valence-corrected chi connectivity index (χ1v) is 4.61. The van der Waals surface area contributed by atoms with E-state index in [9.17, 15) is 4.79 Å². The van der Waals surface area contributed by atoms with Crippen molar-refractivity contribution in [2.24, 2.45) is 0 Å². The molecule has 1 rings (SSSR count). The Bertz CT molecular complexity index is 232. The number of hydrogen-bond acceptors (Lipinski definition) is 2. The maximum Gasteiger partial charge on any atom is 0.320 e. The quantitative estimate of drug-likeness (QED) is 0.645. The van der Waals surface area contributed by atoms with Crippen LogP contribution < -0.4 is 0 Å². The van der Waals surface area contributed by atoms with Gasteiger partial charge in [0.1, 0.15) is 6.04 Å². The fraction of sp³-hybridized carbons (Fsp3) is 0.700. The van der Waals surface area contributed by atoms with Gasteiger partial charge in [-0.2, -0.15) is 0 Å². The van der Waals surface area contributed by atoms with E-state index in [1.807, 2.05) is 4.90 Å². The Kier molecular flexibility index (Phi) is 3.32. The van der Waals surface area contributed by atoms with E-state index in [1.54, 1.807) is 6.92 Å². The van der Waals surface area contributed by atoms with Gasteiger partial charge in [-0.1, -0.05) is 5.92 Å². The molecule has 2 unspecified atom stereocenters. The summed E-state index contributed by atoms with van der Waals surface area (Å²) in [6.07, 6.45) is 8.43. The summed E-state index contributed by atoms with van der Waals surface area (Å²) in [4.78, 5) is 12.6. The Balaban J connectivity index is 2.65. The number of carboxylic acids is 1. The fourth-order valence-electron chi connectivity index (χ4n) is 1.74. The molecule has 1 N–H and O–H groups in total. The second-order valence-electron chi connectivity index (χ2n) is 3.43. The van der Waals surface area contributed by atoms with Crippen LogP contribution >= 0.6 is 0 Å². The molecule has 3 heteroatoms. The molecule has 1 heterocycles. The Morgan fingerprint density at radius 3 is 2.92 bits per heavy atom. The van der Waals surface area contributed by atoms with Gasteiger partial charge in [-0.05, 0) is 26.2 Å². The second kappa shape index (κ2) is 4.29. The van der Waals surface area contributed by atoms with Crippen molar-refractivity contribution in [3.05, 3.63) is 0 Å². The van der Waals surface area contributed by atoms with E-state index < -0.39 is 12.0 Å². The van der Waals surface area contributed by atoms with Crippen LogP contribution in [0.25, 0.3) is 0 Å². The van der Waals surface area contributed by atoms with E-state index in [1.165, 1.54) is 0 Å². The van der Waals surface area contributed by atoms with Gasteiger partial charge in [-0.3, -0.25) is 9.69 Å². The van der Waals surface area contributed by atoms with E-state index in [2.05, 4.69) is 5.92 Å². The van der Waals surface area contributed by atoms with Crippen LogP contribution in [0.3, 0.4) is 0 Å². The van der Waals surface area contributed by atoms with Crippen LogP contribution in [0.4, 0.5) is 0 Å². The highest BCUT2D eigenvalue weighted by Crippen LogP contribution is 2.18. The van der Waals surface area contributed by atoms with Gasteiger partial charge < -0.3 is 5.11 Å². The Hall–Kier alpha value is -1.01. The van der Waals surface area contributed by atoms with Crippen LogP contribution in [0.5, 0.6) is 0 Å². The fourth-order valence-corrected chi connectivity index (χ4v) is 1.74. The number of nitrogens with zero attached hydrogens (tertiary/aromatic N) is 1. The van der Waals surface area contributed by atoms with Crippen LogP contribution in [0.15, 0.2) is 0 Å². The maximum atomic E-state index is 10.7. The van der Waals surface area contributed by atoms with Gasteiger partial charge in [-0.15, -0.1) is 6.42 Å². The van der Waals surface area contributed by atoms with Crippen molar-refractivity contribution in [3.63, 3.8) is 0 Å². The average Bonchev–Trinajstić information content (AvgIpc) is 2.16. The summed E-state index contributed by atoms with van der Waals surface area (Å²) in [5.41, 5.74) is 0. The number of piperidine rings is 1. The number of carbonyl (C=O) groups is 1. The Labute approximate surface area is 78.7 Å². The normalized spacial score (nSPS) is 26.3. The molecule has 0 amide bonds. The number of rotatable bonds is 2. The highest BCUT2D eigenvalue weighted by atomic mass is 16.4. The predicted octanol–water partition coefficient (Wildman–Crippen LogP) is 0.947. The molecule has 2 atom stereocenters. The van der Waals surface area contributed by atoms with Crippen LogP contribution in [0.2, 0.25) is 0 Å². The zero-order valence-electron chi connectivity index (χ0n) is 7.86. The van der Waals surface area contributed by atoms with E-state index in [0.29, 0.717) is 0 Å². The van der Waals surface area contributed by atoms with Crippen molar-refractivity contribution in [1.29, 1.82) is 0 Å². The molecule has 0 saturated carbocycles. The first kappa shape index (κ1) is 10.1. The molecule has 0 spiro atoms. The molecule has 1 fully saturated rings. The second-order valence-corrected chi connectivity index (χ2v) is 3.43. The van der Waals surface area contributed by atoms with Gasteiger partial charge in [-0.25, -0.2) is 0 Å². The van der Waals surface area contributed by atoms with Gasteiger partial charge in [0.25, 0.3) is 0 Å². The molecule has 1 saturated heterocycles. The number of hydrogen-bond donors (Lipinski definition) is 1. The van der Waals surface area contributed by atoms with Crippen molar-refractivity contribution in [2.75, 3.05) is 6.54 Å². The highest BCUT2D eigenvalue weighted by Gasteiger charge is 2.28. The lowest BCUT2D eigenvalue weighted by molar-refractivity contribution is -0.143. The first-order valence-electron chi connectivity index (χ1n) is 4.61. The lowest BCUT2D eigenvalue weighted by Crippen LogP contribution is -2.47. The van der Waals surface area contributed by atoms with Crippen molar-refractivity contribution >= 4 is 5.97 Å². The van der Waals surface area contributed by atoms with Crippen molar-refractivity contribution in [2.45, 2.75) is 38.3 Å². The Morgan fingerprint density at radius 1 is 1.69 bits per heavy atom. The summed E-state index contributed by atoms with van der Waals surface area (Å²) >= 11 is 0. The molecule has 3 nitrogen and oxygen atoms in total. The molecule has 1 aliphatic rings. The minimum atomic E-state index is -0.790. The van der Waals surface area contributed by atoms with E-state index in [0.717, 1.165) is 25.8 Å². The van der Waals surface area contributed by atoms with Gasteiger partial charge >= 0.3 is 5.97 Å². The predicted molar refractivity (Wildman–Crippen MR) is 50.3 cm³/mol. The summed E-state index contributed by atoms with van der Waals surface area (Å²) in [7, 11) is 0. The minimum absolute atomic E-state index is 0.0137. The van der Waals surface area contributed by atoms with Gasteiger partial charge in [0, 0.05) is 6.54 Å². The number of aliphatic carboxylic acids is 1. The van der Waals surface area contributed by atoms with Crippen molar-refractivity contribution < 1.29 is 9.90 Å². The van der Waals surface area contributed by atoms with Crippen molar-refractivity contribution in [1.82, 2.24) is 4.90 Å². The molecule has 0 aromatic carbocycles. The zero-order valence-corrected chi connectivity index (χ0v) is 7.86. The summed E-state index contributed by atoms with van der Waals surface area (Å²) in [5.74, 6) is 1.86. The summed E-state index contributed by atoms with van der Waals surface area (Å²) in [5, 5.41) is 8.84. The molecule has 0 bridgehead atoms. The van der Waals surface area contributed by atoms with Crippen LogP contribution in [-0.2, 0) is 4.79 Å². The van der Waals surface area contributed by atoms with Crippen LogP contribution in [-0.4, -0.2) is 34.6 Å². The van der Waals surface area contributed by atoms with Gasteiger partial charge in [0.05, 0.1) is 6.04 Å². The summed E-state index contributed by atoms with van der Waals surface area (Å²) in [6, 6.07) is -0.443. The number of carboxylic acid groups (broad SMARTS) is 1. The Morgan fingerprint density at radius 2 is 2.38 bits per heavy atom.